The zero-order valence-corrected chi connectivity index (χ0v) is 12.3. The molecule has 19 heavy (non-hydrogen) atoms. The van der Waals surface area contributed by atoms with Gasteiger partial charge in [0.25, 0.3) is 0 Å². The monoisotopic (exact) mass is 276 g/mol. The van der Waals surface area contributed by atoms with E-state index in [1.54, 1.807) is 4.68 Å². The maximum absolute atomic E-state index is 12.4. The van der Waals surface area contributed by atoms with Crippen molar-refractivity contribution < 1.29 is 4.79 Å². The Labute approximate surface area is 118 Å². The van der Waals surface area contributed by atoms with Gasteiger partial charge in [-0.15, -0.1) is 0 Å². The molecule has 1 unspecified atom stereocenters. The Morgan fingerprint density at radius 3 is 2.26 bits per heavy atom. The summed E-state index contributed by atoms with van der Waals surface area (Å²) in [6.45, 7) is 7.56. The van der Waals surface area contributed by atoms with Crippen LogP contribution >= 0.6 is 11.6 Å². The second-order valence-electron chi connectivity index (χ2n) is 4.84. The SMILES string of the molecule is Cc1ccc(C(=O)C(C)n2nc(C)c(Cl)c2C)cc1. The van der Waals surface area contributed by atoms with Gasteiger partial charge in [-0.3, -0.25) is 9.48 Å². The molecule has 0 aliphatic rings. The number of ketones is 1. The molecule has 1 atom stereocenters. The van der Waals surface area contributed by atoms with Crippen LogP contribution in [-0.2, 0) is 0 Å². The van der Waals surface area contributed by atoms with Crippen LogP contribution in [-0.4, -0.2) is 15.6 Å². The van der Waals surface area contributed by atoms with Gasteiger partial charge < -0.3 is 0 Å². The fraction of sp³-hybridized carbons (Fsp3) is 0.333. The highest BCUT2D eigenvalue weighted by Crippen LogP contribution is 2.24. The fourth-order valence-electron chi connectivity index (χ4n) is 2.09. The van der Waals surface area contributed by atoms with Crippen LogP contribution in [0.15, 0.2) is 24.3 Å². The first kappa shape index (κ1) is 13.8. The van der Waals surface area contributed by atoms with Crippen molar-refractivity contribution in [3.63, 3.8) is 0 Å². The molecule has 0 N–H and O–H groups in total. The molecule has 0 fully saturated rings. The Hall–Kier alpha value is -1.61. The molecule has 1 aromatic heterocycles. The molecule has 0 radical (unpaired) electrons. The third-order valence-corrected chi connectivity index (χ3v) is 3.87. The van der Waals surface area contributed by atoms with Crippen molar-refractivity contribution in [1.82, 2.24) is 9.78 Å². The lowest BCUT2D eigenvalue weighted by atomic mass is 10.0. The number of carbonyl (C=O) groups excluding carboxylic acids is 1. The molecule has 0 spiro atoms. The molecule has 0 saturated carbocycles. The third kappa shape index (κ3) is 2.56. The van der Waals surface area contributed by atoms with E-state index in [4.69, 9.17) is 11.6 Å². The first-order valence-corrected chi connectivity index (χ1v) is 6.61. The summed E-state index contributed by atoms with van der Waals surface area (Å²) < 4.78 is 1.69. The first-order valence-electron chi connectivity index (χ1n) is 6.24. The van der Waals surface area contributed by atoms with Gasteiger partial charge in [0.05, 0.1) is 16.4 Å². The number of halogens is 1. The van der Waals surface area contributed by atoms with E-state index in [0.717, 1.165) is 17.0 Å². The van der Waals surface area contributed by atoms with Gasteiger partial charge in [0.2, 0.25) is 0 Å². The molecule has 2 rings (SSSR count). The van der Waals surface area contributed by atoms with Gasteiger partial charge in [-0.1, -0.05) is 41.4 Å². The molecule has 100 valence electrons. The van der Waals surface area contributed by atoms with Crippen LogP contribution in [0.4, 0.5) is 0 Å². The zero-order chi connectivity index (χ0) is 14.2. The number of Topliss-reactive ketones (excluding diaryl/α,β-unsaturated/α-hetero) is 1. The Morgan fingerprint density at radius 2 is 1.79 bits per heavy atom. The number of benzene rings is 1. The minimum atomic E-state index is -0.353. The number of carbonyl (C=O) groups is 1. The molecule has 0 aliphatic heterocycles. The highest BCUT2D eigenvalue weighted by Gasteiger charge is 2.21. The van der Waals surface area contributed by atoms with Crippen LogP contribution in [0.1, 0.15) is 40.3 Å². The van der Waals surface area contributed by atoms with Crippen molar-refractivity contribution in [2.45, 2.75) is 33.7 Å². The fourth-order valence-corrected chi connectivity index (χ4v) is 2.21. The van der Waals surface area contributed by atoms with E-state index in [2.05, 4.69) is 5.10 Å². The van der Waals surface area contributed by atoms with Crippen LogP contribution < -0.4 is 0 Å². The quantitative estimate of drug-likeness (QED) is 0.797. The lowest BCUT2D eigenvalue weighted by Gasteiger charge is -2.13. The predicted molar refractivity (Wildman–Crippen MR) is 76.9 cm³/mol. The second kappa shape index (κ2) is 5.17. The number of hydrogen-bond donors (Lipinski definition) is 0. The molecule has 1 heterocycles. The first-order chi connectivity index (χ1) is 8.91. The van der Waals surface area contributed by atoms with Gasteiger partial charge in [0.1, 0.15) is 6.04 Å². The minimum Gasteiger partial charge on any atom is -0.292 e. The van der Waals surface area contributed by atoms with Gasteiger partial charge >= 0.3 is 0 Å². The average molecular weight is 277 g/mol. The molecule has 1 aromatic carbocycles. The van der Waals surface area contributed by atoms with Gasteiger partial charge in [0, 0.05) is 5.56 Å². The zero-order valence-electron chi connectivity index (χ0n) is 11.6. The summed E-state index contributed by atoms with van der Waals surface area (Å²) in [6, 6.07) is 7.22. The average Bonchev–Trinajstić information content (AvgIpc) is 2.66. The molecular weight excluding hydrogens is 260 g/mol. The number of hydrogen-bond acceptors (Lipinski definition) is 2. The van der Waals surface area contributed by atoms with E-state index in [1.165, 1.54) is 0 Å². The van der Waals surface area contributed by atoms with Crippen molar-refractivity contribution in [2.75, 3.05) is 0 Å². The maximum atomic E-state index is 12.4. The number of rotatable bonds is 3. The van der Waals surface area contributed by atoms with Crippen molar-refractivity contribution in [3.05, 3.63) is 51.8 Å². The molecule has 0 bridgehead atoms. The lowest BCUT2D eigenvalue weighted by molar-refractivity contribution is 0.0926. The van der Waals surface area contributed by atoms with Gasteiger partial charge in [0.15, 0.2) is 5.78 Å². The molecule has 0 amide bonds. The van der Waals surface area contributed by atoms with Crippen molar-refractivity contribution >= 4 is 17.4 Å². The molecule has 2 aromatic rings. The lowest BCUT2D eigenvalue weighted by Crippen LogP contribution is -2.19. The minimum absolute atomic E-state index is 0.0438. The number of aromatic nitrogens is 2. The molecule has 0 aliphatic carbocycles. The number of nitrogens with zero attached hydrogens (tertiary/aromatic N) is 2. The van der Waals surface area contributed by atoms with Crippen LogP contribution in [0.2, 0.25) is 5.02 Å². The van der Waals surface area contributed by atoms with Crippen LogP contribution in [0.5, 0.6) is 0 Å². The summed E-state index contributed by atoms with van der Waals surface area (Å²) in [4.78, 5) is 12.4. The topological polar surface area (TPSA) is 34.9 Å². The summed E-state index contributed by atoms with van der Waals surface area (Å²) in [5.74, 6) is 0.0438. The van der Waals surface area contributed by atoms with Crippen LogP contribution in [0, 0.1) is 20.8 Å². The Balaban J connectivity index is 2.33. The summed E-state index contributed by atoms with van der Waals surface area (Å²) in [7, 11) is 0. The Kier molecular flexibility index (Phi) is 3.76. The summed E-state index contributed by atoms with van der Waals surface area (Å²) in [6.07, 6.45) is 0. The maximum Gasteiger partial charge on any atom is 0.187 e. The Bertz CT molecular complexity index is 614. The summed E-state index contributed by atoms with van der Waals surface area (Å²) >= 11 is 6.12. The van der Waals surface area contributed by atoms with Crippen molar-refractivity contribution in [2.24, 2.45) is 0 Å². The molecule has 0 saturated heterocycles. The van der Waals surface area contributed by atoms with Gasteiger partial charge in [-0.25, -0.2) is 0 Å². The van der Waals surface area contributed by atoms with Crippen LogP contribution in [0.3, 0.4) is 0 Å². The van der Waals surface area contributed by atoms with Gasteiger partial charge in [-0.05, 0) is 27.7 Å². The van der Waals surface area contributed by atoms with Crippen molar-refractivity contribution in [3.8, 4) is 0 Å². The standard InChI is InChI=1S/C15H17ClN2O/c1-9-5-7-13(8-6-9)15(19)12(4)18-11(3)14(16)10(2)17-18/h5-8,12H,1-4H3. The molecular formula is C15H17ClN2O. The van der Waals surface area contributed by atoms with E-state index in [-0.39, 0.29) is 11.8 Å². The highest BCUT2D eigenvalue weighted by molar-refractivity contribution is 6.31. The summed E-state index contributed by atoms with van der Waals surface area (Å²) in [5.41, 5.74) is 3.41. The molecule has 4 heteroatoms. The highest BCUT2D eigenvalue weighted by atomic mass is 35.5. The molecule has 3 nitrogen and oxygen atoms in total. The van der Waals surface area contributed by atoms with Gasteiger partial charge in [-0.2, -0.15) is 5.10 Å². The predicted octanol–water partition coefficient (Wildman–Crippen LogP) is 3.91. The van der Waals surface area contributed by atoms with E-state index in [1.807, 2.05) is 52.0 Å². The normalized spacial score (nSPS) is 12.5. The largest absolute Gasteiger partial charge is 0.292 e. The van der Waals surface area contributed by atoms with E-state index in [0.29, 0.717) is 10.6 Å². The smallest absolute Gasteiger partial charge is 0.187 e. The van der Waals surface area contributed by atoms with E-state index in [9.17, 15) is 4.79 Å². The second-order valence-corrected chi connectivity index (χ2v) is 5.21. The van der Waals surface area contributed by atoms with Crippen molar-refractivity contribution in [1.29, 1.82) is 0 Å². The van der Waals surface area contributed by atoms with Crippen LogP contribution in [0.25, 0.3) is 0 Å². The van der Waals surface area contributed by atoms with E-state index >= 15 is 0 Å². The third-order valence-electron chi connectivity index (χ3n) is 3.32. The summed E-state index contributed by atoms with van der Waals surface area (Å²) in [5, 5.41) is 4.97. The number of aryl methyl sites for hydroxylation is 2. The van der Waals surface area contributed by atoms with E-state index < -0.39 is 0 Å². The Morgan fingerprint density at radius 1 is 1.21 bits per heavy atom.